The molecule has 0 heterocycles. The van der Waals surface area contributed by atoms with Gasteiger partial charge in [0.2, 0.25) is 0 Å². The van der Waals surface area contributed by atoms with Crippen molar-refractivity contribution in [3.8, 4) is 0 Å². The van der Waals surface area contributed by atoms with Crippen molar-refractivity contribution < 1.29 is 4.74 Å². The summed E-state index contributed by atoms with van der Waals surface area (Å²) in [6.45, 7) is 7.48. The van der Waals surface area contributed by atoms with Gasteiger partial charge in [-0.2, -0.15) is 0 Å². The largest absolute Gasteiger partial charge is 0.383 e. The zero-order valence-electron chi connectivity index (χ0n) is 12.3. The molecule has 0 aromatic carbocycles. The van der Waals surface area contributed by atoms with Crippen LogP contribution in [0.2, 0.25) is 0 Å². The second-order valence-electron chi connectivity index (χ2n) is 6.51. The average Bonchev–Trinajstić information content (AvgIpc) is 3.18. The van der Waals surface area contributed by atoms with E-state index in [0.717, 1.165) is 37.6 Å². The molecule has 0 amide bonds. The van der Waals surface area contributed by atoms with Crippen LogP contribution in [0.15, 0.2) is 0 Å². The molecule has 3 atom stereocenters. The van der Waals surface area contributed by atoms with Crippen LogP contribution < -0.4 is 5.73 Å². The summed E-state index contributed by atoms with van der Waals surface area (Å²) < 4.78 is 5.31. The Bertz CT molecular complexity index is 267. The Labute approximate surface area is 112 Å². The second-order valence-corrected chi connectivity index (χ2v) is 6.51. The summed E-state index contributed by atoms with van der Waals surface area (Å²) in [5, 5.41) is 0. The maximum absolute atomic E-state index is 6.25. The average molecular weight is 254 g/mol. The lowest BCUT2D eigenvalue weighted by atomic mass is 9.68. The Morgan fingerprint density at radius 3 is 2.50 bits per heavy atom. The van der Waals surface area contributed by atoms with Crippen molar-refractivity contribution in [3.05, 3.63) is 0 Å². The smallest absolute Gasteiger partial charge is 0.0590 e. The van der Waals surface area contributed by atoms with Gasteiger partial charge < -0.3 is 10.5 Å². The molecule has 0 spiro atoms. The van der Waals surface area contributed by atoms with Crippen LogP contribution in [0.3, 0.4) is 0 Å². The Balaban J connectivity index is 2.15. The Hall–Kier alpha value is -0.120. The third kappa shape index (κ3) is 2.73. The highest BCUT2D eigenvalue weighted by Crippen LogP contribution is 2.44. The van der Waals surface area contributed by atoms with E-state index >= 15 is 0 Å². The summed E-state index contributed by atoms with van der Waals surface area (Å²) in [7, 11) is 1.80. The topological polar surface area (TPSA) is 38.5 Å². The quantitative estimate of drug-likeness (QED) is 0.790. The van der Waals surface area contributed by atoms with E-state index in [1.807, 2.05) is 0 Å². The molecule has 2 rings (SSSR count). The van der Waals surface area contributed by atoms with Crippen molar-refractivity contribution in [1.82, 2.24) is 4.90 Å². The van der Waals surface area contributed by atoms with Crippen molar-refractivity contribution in [2.75, 3.05) is 26.8 Å². The third-order valence-electron chi connectivity index (χ3n) is 5.16. The molecule has 0 saturated heterocycles. The minimum absolute atomic E-state index is 0.233. The lowest BCUT2D eigenvalue weighted by Crippen LogP contribution is -2.61. The molecular formula is C15H30N2O. The fourth-order valence-electron chi connectivity index (χ4n) is 3.86. The predicted octanol–water partition coefficient (Wildman–Crippen LogP) is 2.25. The molecule has 0 aromatic heterocycles. The maximum atomic E-state index is 6.25. The summed E-state index contributed by atoms with van der Waals surface area (Å²) >= 11 is 0. The molecule has 0 bridgehead atoms. The normalized spacial score (nSPS) is 37.2. The third-order valence-corrected chi connectivity index (χ3v) is 5.16. The fraction of sp³-hybridized carbons (Fsp3) is 1.00. The Morgan fingerprint density at radius 2 is 1.94 bits per heavy atom. The number of hydrogen-bond donors (Lipinski definition) is 1. The van der Waals surface area contributed by atoms with Gasteiger partial charge in [0.05, 0.1) is 6.61 Å². The highest BCUT2D eigenvalue weighted by molar-refractivity contribution is 5.04. The lowest BCUT2D eigenvalue weighted by Gasteiger charge is -2.52. The molecule has 3 nitrogen and oxygen atoms in total. The molecule has 2 aliphatic carbocycles. The first kappa shape index (κ1) is 14.3. The van der Waals surface area contributed by atoms with Gasteiger partial charge in [-0.05, 0) is 37.5 Å². The maximum Gasteiger partial charge on any atom is 0.0590 e. The molecule has 2 aliphatic rings. The Morgan fingerprint density at radius 1 is 1.22 bits per heavy atom. The summed E-state index contributed by atoms with van der Waals surface area (Å²) in [4.78, 5) is 2.71. The van der Waals surface area contributed by atoms with Crippen LogP contribution in [0.25, 0.3) is 0 Å². The van der Waals surface area contributed by atoms with E-state index in [2.05, 4.69) is 18.7 Å². The highest BCUT2D eigenvalue weighted by Gasteiger charge is 2.48. The zero-order valence-corrected chi connectivity index (χ0v) is 12.3. The molecule has 2 fully saturated rings. The van der Waals surface area contributed by atoms with Gasteiger partial charge in [0.15, 0.2) is 0 Å². The van der Waals surface area contributed by atoms with Crippen LogP contribution in [0.4, 0.5) is 0 Å². The van der Waals surface area contributed by atoms with Crippen LogP contribution in [0.1, 0.15) is 46.0 Å². The summed E-state index contributed by atoms with van der Waals surface area (Å²) in [5.41, 5.74) is 6.48. The van der Waals surface area contributed by atoms with Gasteiger partial charge in [-0.3, -0.25) is 4.90 Å². The lowest BCUT2D eigenvalue weighted by molar-refractivity contribution is -0.0225. The molecule has 3 unspecified atom stereocenters. The monoisotopic (exact) mass is 254 g/mol. The van der Waals surface area contributed by atoms with Crippen LogP contribution >= 0.6 is 0 Å². The first-order chi connectivity index (χ1) is 8.64. The van der Waals surface area contributed by atoms with E-state index in [1.54, 1.807) is 7.11 Å². The van der Waals surface area contributed by atoms with E-state index in [9.17, 15) is 0 Å². The molecule has 0 aliphatic heterocycles. The fourth-order valence-corrected chi connectivity index (χ4v) is 3.86. The molecule has 0 aromatic rings. The SMILES string of the molecule is COCCN(C1CC1)C1(CN)CC(C)CCC1C. The second kappa shape index (κ2) is 5.89. The molecule has 18 heavy (non-hydrogen) atoms. The van der Waals surface area contributed by atoms with Gasteiger partial charge in [-0.15, -0.1) is 0 Å². The molecule has 106 valence electrons. The number of ether oxygens (including phenoxy) is 1. The number of rotatable bonds is 6. The minimum Gasteiger partial charge on any atom is -0.383 e. The van der Waals surface area contributed by atoms with Crippen LogP contribution in [0, 0.1) is 11.8 Å². The van der Waals surface area contributed by atoms with Gasteiger partial charge in [0.1, 0.15) is 0 Å². The van der Waals surface area contributed by atoms with Gasteiger partial charge >= 0.3 is 0 Å². The van der Waals surface area contributed by atoms with E-state index < -0.39 is 0 Å². The van der Waals surface area contributed by atoms with Gasteiger partial charge in [-0.25, -0.2) is 0 Å². The summed E-state index contributed by atoms with van der Waals surface area (Å²) in [6, 6.07) is 0.774. The Kier molecular flexibility index (Phi) is 4.68. The number of nitrogens with zero attached hydrogens (tertiary/aromatic N) is 1. The van der Waals surface area contributed by atoms with Crippen molar-refractivity contribution >= 4 is 0 Å². The molecule has 2 saturated carbocycles. The standard InChI is InChI=1S/C15H30N2O/c1-12-4-5-13(2)15(10-12,11-16)17(8-9-18-3)14-6-7-14/h12-14H,4-11,16H2,1-3H3. The molecule has 2 N–H and O–H groups in total. The number of hydrogen-bond acceptors (Lipinski definition) is 3. The van der Waals surface area contributed by atoms with Crippen molar-refractivity contribution in [3.63, 3.8) is 0 Å². The minimum atomic E-state index is 0.233. The highest BCUT2D eigenvalue weighted by atomic mass is 16.5. The van der Waals surface area contributed by atoms with E-state index in [4.69, 9.17) is 10.5 Å². The van der Waals surface area contributed by atoms with Gasteiger partial charge in [0.25, 0.3) is 0 Å². The van der Waals surface area contributed by atoms with Crippen molar-refractivity contribution in [2.24, 2.45) is 17.6 Å². The first-order valence-corrected chi connectivity index (χ1v) is 7.59. The molecular weight excluding hydrogens is 224 g/mol. The van der Waals surface area contributed by atoms with Crippen molar-refractivity contribution in [1.29, 1.82) is 0 Å². The van der Waals surface area contributed by atoms with Gasteiger partial charge in [-0.1, -0.05) is 20.3 Å². The molecule has 0 radical (unpaired) electrons. The van der Waals surface area contributed by atoms with Crippen LogP contribution in [-0.2, 0) is 4.74 Å². The number of nitrogens with two attached hydrogens (primary N) is 1. The summed E-state index contributed by atoms with van der Waals surface area (Å²) in [5.74, 6) is 1.53. The summed E-state index contributed by atoms with van der Waals surface area (Å²) in [6.07, 6.45) is 6.67. The van der Waals surface area contributed by atoms with Crippen LogP contribution in [-0.4, -0.2) is 43.3 Å². The van der Waals surface area contributed by atoms with Crippen LogP contribution in [0.5, 0.6) is 0 Å². The number of methoxy groups -OCH3 is 1. The van der Waals surface area contributed by atoms with E-state index in [0.29, 0.717) is 0 Å². The molecule has 3 heteroatoms. The van der Waals surface area contributed by atoms with E-state index in [1.165, 1.54) is 32.1 Å². The van der Waals surface area contributed by atoms with E-state index in [-0.39, 0.29) is 5.54 Å². The predicted molar refractivity (Wildman–Crippen MR) is 75.6 cm³/mol. The van der Waals surface area contributed by atoms with Crippen molar-refractivity contribution in [2.45, 2.75) is 57.5 Å². The van der Waals surface area contributed by atoms with Gasteiger partial charge in [0, 0.05) is 31.8 Å². The zero-order chi connectivity index (χ0) is 13.2. The first-order valence-electron chi connectivity index (χ1n) is 7.59.